The molecule has 3 heterocycles. The molecule has 10 rings (SSSR count). The Hall–Kier alpha value is -6.85. The normalized spacial score (nSPS) is 14.1. The van der Waals surface area contributed by atoms with Crippen molar-refractivity contribution in [2.45, 2.75) is 0 Å². The highest BCUT2D eigenvalue weighted by Gasteiger charge is 2.21. The van der Waals surface area contributed by atoms with E-state index in [1.807, 2.05) is 97.1 Å². The predicted octanol–water partition coefficient (Wildman–Crippen LogP) is 11.5. The van der Waals surface area contributed by atoms with Gasteiger partial charge >= 0.3 is 0 Å². The van der Waals surface area contributed by atoms with Crippen LogP contribution >= 0.6 is 0 Å². The number of rotatable bonds is 5. The van der Waals surface area contributed by atoms with Crippen LogP contribution in [-0.4, -0.2) is 19.5 Å². The molecule has 3 aromatic heterocycles. The first-order valence-electron chi connectivity index (χ1n) is 20.5. The molecule has 0 spiro atoms. The van der Waals surface area contributed by atoms with Crippen molar-refractivity contribution in [2.24, 2.45) is 0 Å². The van der Waals surface area contributed by atoms with E-state index in [0.29, 0.717) is 27.8 Å². The molecule has 0 amide bonds. The molecular formula is C45H28N4O. The quantitative estimate of drug-likeness (QED) is 0.186. The van der Waals surface area contributed by atoms with Crippen molar-refractivity contribution in [3.05, 3.63) is 170 Å². The van der Waals surface area contributed by atoms with Crippen LogP contribution in [0.1, 0.15) is 12.3 Å². The van der Waals surface area contributed by atoms with Gasteiger partial charge in [0.25, 0.3) is 0 Å². The maximum Gasteiger partial charge on any atom is 0.238 e. The van der Waals surface area contributed by atoms with Crippen molar-refractivity contribution >= 4 is 43.7 Å². The second-order valence-electron chi connectivity index (χ2n) is 11.8. The van der Waals surface area contributed by atoms with Crippen molar-refractivity contribution in [3.8, 4) is 51.0 Å². The van der Waals surface area contributed by atoms with E-state index in [0.717, 1.165) is 21.9 Å². The van der Waals surface area contributed by atoms with Crippen LogP contribution in [0.15, 0.2) is 174 Å². The number of fused-ring (bicyclic) bond motifs is 6. The lowest BCUT2D eigenvalue weighted by atomic mass is 9.99. The van der Waals surface area contributed by atoms with E-state index in [-0.39, 0.29) is 57.1 Å². The fourth-order valence-electron chi connectivity index (χ4n) is 6.68. The molecule has 0 unspecified atom stereocenters. The molecule has 10 aromatic rings. The summed E-state index contributed by atoms with van der Waals surface area (Å²) in [6.45, 7) is 0. The van der Waals surface area contributed by atoms with Gasteiger partial charge in [0.1, 0.15) is 11.2 Å². The number of furan rings is 1. The molecule has 7 aromatic carbocycles. The molecule has 5 nitrogen and oxygen atoms in total. The minimum Gasteiger partial charge on any atom is -0.456 e. The third-order valence-corrected chi connectivity index (χ3v) is 8.91. The molecule has 0 aliphatic rings. The Balaban J connectivity index is 1.32. The van der Waals surface area contributed by atoms with E-state index in [2.05, 4.69) is 0 Å². The summed E-state index contributed by atoms with van der Waals surface area (Å²) in [5.41, 5.74) is 5.05. The number of para-hydroxylation sites is 2. The summed E-state index contributed by atoms with van der Waals surface area (Å²) in [5, 5.41) is 1.94. The molecule has 0 fully saturated rings. The first kappa shape index (κ1) is 20.5. The average Bonchev–Trinajstić information content (AvgIpc) is 3.83. The smallest absolute Gasteiger partial charge is 0.238 e. The fourth-order valence-corrected chi connectivity index (χ4v) is 6.68. The van der Waals surface area contributed by atoms with Crippen LogP contribution in [0.3, 0.4) is 0 Å². The molecule has 0 N–H and O–H groups in total. The van der Waals surface area contributed by atoms with Gasteiger partial charge in [-0.3, -0.25) is 4.57 Å². The summed E-state index contributed by atoms with van der Waals surface area (Å²) in [6, 6.07) is 31.7. The van der Waals surface area contributed by atoms with Crippen LogP contribution in [0, 0.1) is 0 Å². The second-order valence-corrected chi connectivity index (χ2v) is 11.8. The average molecular weight is 650 g/mol. The third-order valence-electron chi connectivity index (χ3n) is 8.91. The van der Waals surface area contributed by atoms with Gasteiger partial charge in [0.05, 0.1) is 23.4 Å². The van der Waals surface area contributed by atoms with Crippen LogP contribution < -0.4 is 0 Å². The van der Waals surface area contributed by atoms with Gasteiger partial charge in [-0.05, 0) is 46.5 Å². The molecule has 0 saturated heterocycles. The monoisotopic (exact) mass is 649 g/mol. The Morgan fingerprint density at radius 1 is 0.440 bits per heavy atom. The lowest BCUT2D eigenvalue weighted by Crippen LogP contribution is -2.06. The Morgan fingerprint density at radius 3 is 2.00 bits per heavy atom. The van der Waals surface area contributed by atoms with Gasteiger partial charge in [-0.1, -0.05) is 145 Å². The number of hydrogen-bond donors (Lipinski definition) is 0. The van der Waals surface area contributed by atoms with Gasteiger partial charge in [0.2, 0.25) is 5.95 Å². The summed E-state index contributed by atoms with van der Waals surface area (Å²) < 4.78 is 86.5. The predicted molar refractivity (Wildman–Crippen MR) is 203 cm³/mol. The molecule has 0 aliphatic carbocycles. The number of hydrogen-bond acceptors (Lipinski definition) is 4. The minimum absolute atomic E-state index is 0.0326. The van der Waals surface area contributed by atoms with E-state index >= 15 is 0 Å². The topological polar surface area (TPSA) is 56.7 Å². The molecule has 50 heavy (non-hydrogen) atoms. The van der Waals surface area contributed by atoms with Crippen molar-refractivity contribution in [2.75, 3.05) is 0 Å². The highest BCUT2D eigenvalue weighted by Crippen LogP contribution is 2.40. The lowest BCUT2D eigenvalue weighted by Gasteiger charge is -2.12. The van der Waals surface area contributed by atoms with Gasteiger partial charge in [0.15, 0.2) is 11.6 Å². The largest absolute Gasteiger partial charge is 0.456 e. The van der Waals surface area contributed by atoms with Crippen molar-refractivity contribution in [3.63, 3.8) is 0 Å². The van der Waals surface area contributed by atoms with Crippen molar-refractivity contribution in [1.82, 2.24) is 19.5 Å². The Labute approximate surface area is 300 Å². The highest BCUT2D eigenvalue weighted by atomic mass is 16.3. The minimum atomic E-state index is -0.553. The first-order valence-corrected chi connectivity index (χ1v) is 16.0. The summed E-state index contributed by atoms with van der Waals surface area (Å²) in [7, 11) is 0. The van der Waals surface area contributed by atoms with Gasteiger partial charge in [-0.2, -0.15) is 9.97 Å². The van der Waals surface area contributed by atoms with E-state index in [1.165, 1.54) is 0 Å². The second kappa shape index (κ2) is 11.4. The summed E-state index contributed by atoms with van der Waals surface area (Å²) >= 11 is 0. The Bertz CT molecular complexity index is 3350. The van der Waals surface area contributed by atoms with E-state index in [4.69, 9.17) is 29.0 Å². The van der Waals surface area contributed by atoms with Crippen molar-refractivity contribution in [1.29, 1.82) is 0 Å². The van der Waals surface area contributed by atoms with Crippen LogP contribution in [0.25, 0.3) is 94.7 Å². The fraction of sp³-hybridized carbons (Fsp3) is 0. The molecule has 5 heteroatoms. The maximum absolute atomic E-state index is 9.27. The number of benzene rings is 7. The zero-order chi connectivity index (χ0) is 40.9. The first-order chi connectivity index (χ1) is 28.5. The van der Waals surface area contributed by atoms with E-state index < -0.39 is 42.3 Å². The van der Waals surface area contributed by atoms with Gasteiger partial charge in [-0.15, -0.1) is 0 Å². The van der Waals surface area contributed by atoms with Gasteiger partial charge < -0.3 is 4.42 Å². The molecule has 0 bridgehead atoms. The zero-order valence-corrected chi connectivity index (χ0v) is 26.2. The Morgan fingerprint density at radius 2 is 1.12 bits per heavy atom. The van der Waals surface area contributed by atoms with Crippen LogP contribution in [0.2, 0.25) is 0 Å². The summed E-state index contributed by atoms with van der Waals surface area (Å²) in [6.07, 6.45) is 0. The standard InChI is InChI=1S/C45H28N4O/c1-3-13-29(14-4-1)30-25-27-32(28-26-30)43-46-44(36-20-12-24-40-42(36)35-18-8-10-23-39(35)50-40)48-45(47-43)49-37-21-9-7-17-34(37)41-33(19-11-22-38(41)49)31-15-5-2-6-16-31/h1-28H/i2D,5D,6D,7D,9D,15D,16D,17D,21D. The highest BCUT2D eigenvalue weighted by molar-refractivity contribution is 6.16. The van der Waals surface area contributed by atoms with Crippen LogP contribution in [-0.2, 0) is 0 Å². The lowest BCUT2D eigenvalue weighted by molar-refractivity contribution is 0.669. The Kier molecular flexibility index (Phi) is 4.67. The van der Waals surface area contributed by atoms with Crippen LogP contribution in [0.4, 0.5) is 0 Å². The molecule has 234 valence electrons. The van der Waals surface area contributed by atoms with Crippen LogP contribution in [0.5, 0.6) is 0 Å². The summed E-state index contributed by atoms with van der Waals surface area (Å²) in [4.78, 5) is 15.1. The summed E-state index contributed by atoms with van der Waals surface area (Å²) in [5.74, 6) is 0.587. The molecule has 0 radical (unpaired) electrons. The van der Waals surface area contributed by atoms with E-state index in [1.54, 1.807) is 22.8 Å². The number of nitrogens with zero attached hydrogens (tertiary/aromatic N) is 4. The molecule has 0 aliphatic heterocycles. The molecule has 0 saturated carbocycles. The SMILES string of the molecule is [2H]c1c([2H])c([2H])c(-c2cccc3c2c2c([2H])c([2H])c([2H])c([2H])c2n3-c2nc(-c3ccc(-c4ccccc4)cc3)nc(-c3cccc4oc5ccccc5c34)n2)c([2H])c1[2H]. The van der Waals surface area contributed by atoms with E-state index in [9.17, 15) is 2.74 Å². The molecule has 0 atom stereocenters. The van der Waals surface area contributed by atoms with Gasteiger partial charge in [-0.25, -0.2) is 4.98 Å². The zero-order valence-electron chi connectivity index (χ0n) is 35.2. The van der Waals surface area contributed by atoms with Gasteiger partial charge in [0, 0.05) is 32.7 Å². The van der Waals surface area contributed by atoms with Crippen molar-refractivity contribution < 1.29 is 16.8 Å². The molecular weight excluding hydrogens is 613 g/mol. The maximum atomic E-state index is 9.27. The number of aromatic nitrogens is 4. The third kappa shape index (κ3) is 4.52.